The van der Waals surface area contributed by atoms with Crippen LogP contribution in [-0.2, 0) is 15.0 Å². The zero-order valence-electron chi connectivity index (χ0n) is 15.0. The number of rotatable bonds is 5. The Kier molecular flexibility index (Phi) is 4.93. The summed E-state index contributed by atoms with van der Waals surface area (Å²) in [5.74, 6) is 0.358. The van der Waals surface area contributed by atoms with Gasteiger partial charge in [0.15, 0.2) is 0 Å². The molecule has 0 radical (unpaired) electrons. The largest absolute Gasteiger partial charge is 0.352 e. The molecule has 2 amide bonds. The van der Waals surface area contributed by atoms with E-state index >= 15 is 0 Å². The summed E-state index contributed by atoms with van der Waals surface area (Å²) in [5.41, 5.74) is 0.722. The third-order valence-electron chi connectivity index (χ3n) is 5.98. The van der Waals surface area contributed by atoms with Gasteiger partial charge in [-0.15, -0.1) is 0 Å². The van der Waals surface area contributed by atoms with Crippen LogP contribution in [0.2, 0.25) is 5.02 Å². The van der Waals surface area contributed by atoms with E-state index in [0.717, 1.165) is 50.8 Å². The summed E-state index contributed by atoms with van der Waals surface area (Å²) in [6.07, 6.45) is 5.15. The number of nitrogens with one attached hydrogen (secondary N) is 1. The van der Waals surface area contributed by atoms with Gasteiger partial charge in [0.05, 0.1) is 12.0 Å². The van der Waals surface area contributed by atoms with Crippen molar-refractivity contribution in [3.8, 4) is 0 Å². The lowest BCUT2D eigenvalue weighted by Gasteiger charge is -2.46. The Balaban J connectivity index is 1.35. The van der Waals surface area contributed by atoms with Crippen LogP contribution in [-0.4, -0.2) is 60.4 Å². The van der Waals surface area contributed by atoms with Crippen LogP contribution >= 0.6 is 11.6 Å². The second-order valence-corrected chi connectivity index (χ2v) is 8.29. The third kappa shape index (κ3) is 3.60. The number of hydrogen-bond donors (Lipinski definition) is 1. The van der Waals surface area contributed by atoms with Gasteiger partial charge in [-0.05, 0) is 43.4 Å². The molecule has 1 heterocycles. The van der Waals surface area contributed by atoms with Crippen molar-refractivity contribution < 1.29 is 9.59 Å². The highest BCUT2D eigenvalue weighted by molar-refractivity contribution is 6.30. The predicted molar refractivity (Wildman–Crippen MR) is 101 cm³/mol. The van der Waals surface area contributed by atoms with Crippen LogP contribution in [0.4, 0.5) is 0 Å². The summed E-state index contributed by atoms with van der Waals surface area (Å²) >= 11 is 6.01. The highest BCUT2D eigenvalue weighted by atomic mass is 35.5. The van der Waals surface area contributed by atoms with Crippen LogP contribution in [0.3, 0.4) is 0 Å². The number of nitrogens with zero attached hydrogens (tertiary/aromatic N) is 2. The molecule has 1 aliphatic heterocycles. The van der Waals surface area contributed by atoms with Gasteiger partial charge in [0.1, 0.15) is 0 Å². The lowest BCUT2D eigenvalue weighted by atomic mass is 9.63. The maximum absolute atomic E-state index is 13.3. The fourth-order valence-electron chi connectivity index (χ4n) is 4.04. The van der Waals surface area contributed by atoms with Crippen molar-refractivity contribution in [1.29, 1.82) is 0 Å². The standard InChI is InChI=1S/C20H26ClN3O2/c21-16-4-2-15(3-5-16)20(8-1-9-20)19(26)24-12-10-23(11-13-24)14-18(25)22-17-6-7-17/h2-5,17H,1,6-14H2,(H,22,25). The van der Waals surface area contributed by atoms with E-state index in [-0.39, 0.29) is 17.2 Å². The number of carbonyl (C=O) groups is 2. The molecule has 5 nitrogen and oxygen atoms in total. The Bertz CT molecular complexity index is 675. The second kappa shape index (κ2) is 7.20. The average Bonchev–Trinajstić information content (AvgIpc) is 3.40. The highest BCUT2D eigenvalue weighted by Gasteiger charge is 2.48. The Hall–Kier alpha value is -1.59. The van der Waals surface area contributed by atoms with Crippen molar-refractivity contribution >= 4 is 23.4 Å². The number of hydrogen-bond acceptors (Lipinski definition) is 3. The molecule has 0 spiro atoms. The lowest BCUT2D eigenvalue weighted by molar-refractivity contribution is -0.142. The molecule has 2 aliphatic carbocycles. The van der Waals surface area contributed by atoms with E-state index in [9.17, 15) is 9.59 Å². The molecule has 0 unspecified atom stereocenters. The molecule has 1 N–H and O–H groups in total. The first-order chi connectivity index (χ1) is 12.6. The normalized spacial score (nSPS) is 22.6. The molecule has 1 aromatic rings. The molecule has 0 bridgehead atoms. The molecule has 1 aromatic carbocycles. The minimum atomic E-state index is -0.365. The molecule has 0 atom stereocenters. The third-order valence-corrected chi connectivity index (χ3v) is 6.23. The average molecular weight is 376 g/mol. The van der Waals surface area contributed by atoms with Crippen LogP contribution in [0.1, 0.15) is 37.7 Å². The van der Waals surface area contributed by atoms with E-state index in [4.69, 9.17) is 11.6 Å². The fourth-order valence-corrected chi connectivity index (χ4v) is 4.17. The van der Waals surface area contributed by atoms with Gasteiger partial charge >= 0.3 is 0 Å². The number of amides is 2. The van der Waals surface area contributed by atoms with Crippen molar-refractivity contribution in [3.63, 3.8) is 0 Å². The second-order valence-electron chi connectivity index (χ2n) is 7.85. The van der Waals surface area contributed by atoms with E-state index in [1.165, 1.54) is 0 Å². The minimum Gasteiger partial charge on any atom is -0.352 e. The fraction of sp³-hybridized carbons (Fsp3) is 0.600. The molecule has 2 saturated carbocycles. The minimum absolute atomic E-state index is 0.115. The van der Waals surface area contributed by atoms with Gasteiger partial charge in [0.25, 0.3) is 0 Å². The van der Waals surface area contributed by atoms with Crippen LogP contribution in [0, 0.1) is 0 Å². The number of halogens is 1. The molecule has 0 aromatic heterocycles. The molecule has 140 valence electrons. The summed E-state index contributed by atoms with van der Waals surface area (Å²) in [7, 11) is 0. The maximum atomic E-state index is 13.3. The first kappa shape index (κ1) is 17.8. The quantitative estimate of drug-likeness (QED) is 0.858. The highest BCUT2D eigenvalue weighted by Crippen LogP contribution is 2.45. The summed E-state index contributed by atoms with van der Waals surface area (Å²) in [6, 6.07) is 8.15. The Labute approximate surface area is 159 Å². The van der Waals surface area contributed by atoms with Crippen molar-refractivity contribution in [3.05, 3.63) is 34.9 Å². The van der Waals surface area contributed by atoms with Gasteiger partial charge in [-0.3, -0.25) is 14.5 Å². The number of piperazine rings is 1. The van der Waals surface area contributed by atoms with Crippen LogP contribution in [0.5, 0.6) is 0 Å². The topological polar surface area (TPSA) is 52.7 Å². The Morgan fingerprint density at radius 1 is 1.08 bits per heavy atom. The van der Waals surface area contributed by atoms with Crippen LogP contribution in [0.15, 0.2) is 24.3 Å². The van der Waals surface area contributed by atoms with Gasteiger partial charge in [-0.2, -0.15) is 0 Å². The van der Waals surface area contributed by atoms with Gasteiger partial charge in [0, 0.05) is 37.2 Å². The van der Waals surface area contributed by atoms with Crippen molar-refractivity contribution in [1.82, 2.24) is 15.1 Å². The SMILES string of the molecule is O=C(CN1CCN(C(=O)C2(c3ccc(Cl)cc3)CCC2)CC1)NC1CC1. The van der Waals surface area contributed by atoms with Crippen LogP contribution < -0.4 is 5.32 Å². The lowest BCUT2D eigenvalue weighted by Crippen LogP contribution is -2.57. The summed E-state index contributed by atoms with van der Waals surface area (Å²) in [4.78, 5) is 29.4. The van der Waals surface area contributed by atoms with Crippen LogP contribution in [0.25, 0.3) is 0 Å². The summed E-state index contributed by atoms with van der Waals surface area (Å²) in [6.45, 7) is 3.37. The molecule has 1 saturated heterocycles. The number of carbonyl (C=O) groups excluding carboxylic acids is 2. The van der Waals surface area contributed by atoms with E-state index in [1.54, 1.807) is 0 Å². The van der Waals surface area contributed by atoms with E-state index in [0.29, 0.717) is 30.7 Å². The van der Waals surface area contributed by atoms with Crippen molar-refractivity contribution in [2.45, 2.75) is 43.6 Å². The van der Waals surface area contributed by atoms with E-state index in [1.807, 2.05) is 29.2 Å². The van der Waals surface area contributed by atoms with Gasteiger partial charge in [-0.25, -0.2) is 0 Å². The maximum Gasteiger partial charge on any atom is 0.234 e. The van der Waals surface area contributed by atoms with E-state index < -0.39 is 0 Å². The van der Waals surface area contributed by atoms with Crippen molar-refractivity contribution in [2.75, 3.05) is 32.7 Å². The molecule has 6 heteroatoms. The zero-order chi connectivity index (χ0) is 18.1. The van der Waals surface area contributed by atoms with E-state index in [2.05, 4.69) is 10.2 Å². The van der Waals surface area contributed by atoms with Gasteiger partial charge < -0.3 is 10.2 Å². The Morgan fingerprint density at radius 3 is 2.27 bits per heavy atom. The molecule has 26 heavy (non-hydrogen) atoms. The molecule has 3 aliphatic rings. The first-order valence-corrected chi connectivity index (χ1v) is 10.0. The smallest absolute Gasteiger partial charge is 0.234 e. The van der Waals surface area contributed by atoms with Gasteiger partial charge in [0.2, 0.25) is 11.8 Å². The molecular weight excluding hydrogens is 350 g/mol. The van der Waals surface area contributed by atoms with Crippen molar-refractivity contribution in [2.24, 2.45) is 0 Å². The molecule has 3 fully saturated rings. The Morgan fingerprint density at radius 2 is 1.73 bits per heavy atom. The zero-order valence-corrected chi connectivity index (χ0v) is 15.8. The molecule has 4 rings (SSSR count). The summed E-state index contributed by atoms with van der Waals surface area (Å²) in [5, 5.41) is 3.73. The predicted octanol–water partition coefficient (Wildman–Crippen LogP) is 2.18. The first-order valence-electron chi connectivity index (χ1n) is 9.64. The molecular formula is C20H26ClN3O2. The number of benzene rings is 1. The van der Waals surface area contributed by atoms with Gasteiger partial charge in [-0.1, -0.05) is 30.2 Å². The monoisotopic (exact) mass is 375 g/mol. The summed E-state index contributed by atoms with van der Waals surface area (Å²) < 4.78 is 0.